The Hall–Kier alpha value is -3.50. The van der Waals surface area contributed by atoms with Gasteiger partial charge in [0.2, 0.25) is 5.71 Å². The number of ether oxygens (including phenoxy) is 1. The molecule has 1 N–H and O–H groups in total. The molecule has 0 aromatic carbocycles. The number of furan rings is 1. The van der Waals surface area contributed by atoms with E-state index in [2.05, 4.69) is 30.2 Å². The zero-order chi connectivity index (χ0) is 22.8. The van der Waals surface area contributed by atoms with E-state index in [9.17, 15) is 4.79 Å². The number of nitrogens with one attached hydrogen (secondary N) is 1. The molecule has 172 valence electrons. The lowest BCUT2D eigenvalue weighted by atomic mass is 10.2. The van der Waals surface area contributed by atoms with E-state index in [1.165, 1.54) is 0 Å². The van der Waals surface area contributed by atoms with Crippen LogP contribution < -0.4 is 10.2 Å². The number of amides is 1. The van der Waals surface area contributed by atoms with E-state index in [0.717, 1.165) is 37.1 Å². The molecule has 33 heavy (non-hydrogen) atoms. The summed E-state index contributed by atoms with van der Waals surface area (Å²) < 4.78 is 13.2. The highest BCUT2D eigenvalue weighted by Gasteiger charge is 2.20. The number of nitrogens with zero attached hydrogens (tertiary/aromatic N) is 6. The predicted octanol–water partition coefficient (Wildman–Crippen LogP) is 2.06. The van der Waals surface area contributed by atoms with E-state index >= 15 is 0 Å². The summed E-state index contributed by atoms with van der Waals surface area (Å²) >= 11 is 0. The van der Waals surface area contributed by atoms with E-state index in [0.29, 0.717) is 48.3 Å². The van der Waals surface area contributed by atoms with Crippen molar-refractivity contribution in [2.75, 3.05) is 58.4 Å². The number of carbonyl (C=O) groups is 1. The molecule has 5 rings (SSSR count). The summed E-state index contributed by atoms with van der Waals surface area (Å²) in [6.45, 7) is 4.54. The van der Waals surface area contributed by atoms with Gasteiger partial charge >= 0.3 is 0 Å². The molecular weight excluding hydrogens is 422 g/mol. The maximum Gasteiger partial charge on any atom is 0.271 e. The SMILES string of the molecule is CN(C)CCCNC(=O)c1ccc2ncc(-c3cc4c(N5CCOCC5)ccnc4o3)n2n1. The van der Waals surface area contributed by atoms with Crippen molar-refractivity contribution in [3.8, 4) is 11.5 Å². The van der Waals surface area contributed by atoms with Crippen molar-refractivity contribution in [2.45, 2.75) is 6.42 Å². The second kappa shape index (κ2) is 9.16. The van der Waals surface area contributed by atoms with E-state index in [1.54, 1.807) is 29.0 Å². The number of pyridine rings is 1. The van der Waals surface area contributed by atoms with Crippen molar-refractivity contribution < 1.29 is 13.9 Å². The largest absolute Gasteiger partial charge is 0.436 e. The van der Waals surface area contributed by atoms with Crippen LogP contribution in [0.25, 0.3) is 28.2 Å². The normalized spacial score (nSPS) is 14.5. The third kappa shape index (κ3) is 4.39. The van der Waals surface area contributed by atoms with Gasteiger partial charge in [-0.15, -0.1) is 0 Å². The third-order valence-electron chi connectivity index (χ3n) is 5.68. The average molecular weight is 450 g/mol. The first-order valence-electron chi connectivity index (χ1n) is 11.1. The number of imidazole rings is 1. The van der Waals surface area contributed by atoms with Gasteiger partial charge < -0.3 is 24.3 Å². The molecule has 1 amide bonds. The molecule has 0 bridgehead atoms. The highest BCUT2D eigenvalue weighted by atomic mass is 16.5. The molecule has 0 saturated carbocycles. The molecule has 0 radical (unpaired) electrons. The zero-order valence-corrected chi connectivity index (χ0v) is 18.8. The zero-order valence-electron chi connectivity index (χ0n) is 18.8. The number of aromatic nitrogens is 4. The summed E-state index contributed by atoms with van der Waals surface area (Å²) in [5.74, 6) is 0.387. The number of hydrogen-bond donors (Lipinski definition) is 1. The lowest BCUT2D eigenvalue weighted by molar-refractivity contribution is 0.0946. The van der Waals surface area contributed by atoms with E-state index in [-0.39, 0.29) is 5.91 Å². The standard InChI is InChI=1S/C23H27N7O3/c1-28(2)9-3-7-24-22(31)17-4-5-21-26-15-19(30(21)27-17)20-14-16-18(6-8-25-23(16)33-20)29-10-12-32-13-11-29/h4-6,8,14-15H,3,7,9-13H2,1-2H3,(H,24,31). The van der Waals surface area contributed by atoms with Crippen LogP contribution in [0.4, 0.5) is 5.69 Å². The summed E-state index contributed by atoms with van der Waals surface area (Å²) in [5.41, 5.74) is 3.25. The average Bonchev–Trinajstić information content (AvgIpc) is 3.45. The van der Waals surface area contributed by atoms with Crippen molar-refractivity contribution in [1.82, 2.24) is 29.8 Å². The van der Waals surface area contributed by atoms with Crippen molar-refractivity contribution in [2.24, 2.45) is 0 Å². The van der Waals surface area contributed by atoms with Crippen LogP contribution in [0, 0.1) is 0 Å². The van der Waals surface area contributed by atoms with Gasteiger partial charge in [-0.2, -0.15) is 5.10 Å². The van der Waals surface area contributed by atoms with Crippen LogP contribution in [0.2, 0.25) is 0 Å². The van der Waals surface area contributed by atoms with E-state index < -0.39 is 0 Å². The Morgan fingerprint density at radius 1 is 1.18 bits per heavy atom. The summed E-state index contributed by atoms with van der Waals surface area (Å²) in [7, 11) is 4.02. The Kier molecular flexibility index (Phi) is 5.93. The quantitative estimate of drug-likeness (QED) is 0.428. The van der Waals surface area contributed by atoms with Gasteiger partial charge in [-0.3, -0.25) is 4.79 Å². The molecule has 1 fully saturated rings. The van der Waals surface area contributed by atoms with Crippen molar-refractivity contribution in [3.63, 3.8) is 0 Å². The third-order valence-corrected chi connectivity index (χ3v) is 5.68. The second-order valence-electron chi connectivity index (χ2n) is 8.30. The fourth-order valence-corrected chi connectivity index (χ4v) is 3.98. The van der Waals surface area contributed by atoms with E-state index in [4.69, 9.17) is 9.15 Å². The molecule has 0 spiro atoms. The Balaban J connectivity index is 1.44. The Labute approximate surface area is 191 Å². The lowest BCUT2D eigenvalue weighted by Crippen LogP contribution is -2.36. The summed E-state index contributed by atoms with van der Waals surface area (Å²) in [6.07, 6.45) is 4.33. The van der Waals surface area contributed by atoms with Crippen molar-refractivity contribution in [3.05, 3.63) is 42.4 Å². The van der Waals surface area contributed by atoms with Crippen molar-refractivity contribution >= 4 is 28.3 Å². The number of rotatable bonds is 7. The van der Waals surface area contributed by atoms with Gasteiger partial charge in [0.15, 0.2) is 11.4 Å². The minimum atomic E-state index is -0.212. The lowest BCUT2D eigenvalue weighted by Gasteiger charge is -2.29. The van der Waals surface area contributed by atoms with Gasteiger partial charge in [0, 0.05) is 25.8 Å². The number of hydrogen-bond acceptors (Lipinski definition) is 8. The minimum absolute atomic E-state index is 0.212. The first kappa shape index (κ1) is 21.4. The predicted molar refractivity (Wildman–Crippen MR) is 125 cm³/mol. The maximum atomic E-state index is 12.6. The molecule has 0 aliphatic carbocycles. The molecule has 1 aliphatic rings. The Morgan fingerprint density at radius 2 is 2.03 bits per heavy atom. The highest BCUT2D eigenvalue weighted by Crippen LogP contribution is 2.33. The van der Waals surface area contributed by atoms with Gasteiger partial charge in [0.1, 0.15) is 11.4 Å². The molecule has 10 heteroatoms. The maximum absolute atomic E-state index is 12.6. The van der Waals surface area contributed by atoms with Crippen LogP contribution in [0.3, 0.4) is 0 Å². The van der Waals surface area contributed by atoms with Gasteiger partial charge in [-0.1, -0.05) is 0 Å². The fourth-order valence-electron chi connectivity index (χ4n) is 3.98. The monoisotopic (exact) mass is 449 g/mol. The van der Waals surface area contributed by atoms with Gasteiger partial charge in [0.05, 0.1) is 30.5 Å². The molecule has 0 atom stereocenters. The van der Waals surface area contributed by atoms with E-state index in [1.807, 2.05) is 26.2 Å². The van der Waals surface area contributed by atoms with Crippen LogP contribution in [-0.4, -0.2) is 83.9 Å². The molecule has 0 unspecified atom stereocenters. The number of fused-ring (bicyclic) bond motifs is 2. The number of anilines is 1. The first-order chi connectivity index (χ1) is 16.1. The molecule has 4 aromatic heterocycles. The number of morpholine rings is 1. The highest BCUT2D eigenvalue weighted by molar-refractivity contribution is 5.93. The number of carbonyl (C=O) groups excluding carboxylic acids is 1. The second-order valence-corrected chi connectivity index (χ2v) is 8.30. The van der Waals surface area contributed by atoms with Crippen LogP contribution in [0.5, 0.6) is 0 Å². The van der Waals surface area contributed by atoms with Gasteiger partial charge in [0.25, 0.3) is 5.91 Å². The summed E-state index contributed by atoms with van der Waals surface area (Å²) in [6, 6.07) is 7.43. The fraction of sp³-hybridized carbons (Fsp3) is 0.391. The van der Waals surface area contributed by atoms with Crippen LogP contribution in [0.1, 0.15) is 16.9 Å². The Bertz CT molecular complexity index is 1270. The summed E-state index contributed by atoms with van der Waals surface area (Å²) in [4.78, 5) is 25.8. The molecule has 4 aromatic rings. The Morgan fingerprint density at radius 3 is 2.85 bits per heavy atom. The van der Waals surface area contributed by atoms with Crippen LogP contribution in [0.15, 0.2) is 41.1 Å². The molecule has 1 aliphatic heterocycles. The molecule has 10 nitrogen and oxygen atoms in total. The minimum Gasteiger partial charge on any atom is -0.436 e. The summed E-state index contributed by atoms with van der Waals surface area (Å²) in [5, 5.41) is 8.39. The van der Waals surface area contributed by atoms with Crippen LogP contribution >= 0.6 is 0 Å². The topological polar surface area (TPSA) is 101 Å². The van der Waals surface area contributed by atoms with Crippen molar-refractivity contribution in [1.29, 1.82) is 0 Å². The van der Waals surface area contributed by atoms with Gasteiger partial charge in [-0.25, -0.2) is 14.5 Å². The molecule has 1 saturated heterocycles. The van der Waals surface area contributed by atoms with Gasteiger partial charge in [-0.05, 0) is 51.3 Å². The molecular formula is C23H27N7O3. The first-order valence-corrected chi connectivity index (χ1v) is 11.1. The van der Waals surface area contributed by atoms with Crippen LogP contribution in [-0.2, 0) is 4.74 Å². The molecule has 5 heterocycles. The smallest absolute Gasteiger partial charge is 0.271 e.